The Kier molecular flexibility index (Phi) is 23.6. The number of amides is 3. The monoisotopic (exact) mass is 1420 g/mol. The maximum absolute atomic E-state index is 13.3. The molecule has 0 bridgehead atoms. The van der Waals surface area contributed by atoms with E-state index in [-0.39, 0.29) is 37.0 Å². The number of nitrogens with one attached hydrogen (secondary N) is 3. The average molecular weight is 1430 g/mol. The number of pyridine rings is 4. The van der Waals surface area contributed by atoms with Gasteiger partial charge in [-0.3, -0.25) is 29.4 Å². The van der Waals surface area contributed by atoms with Gasteiger partial charge in [-0.15, -0.1) is 0 Å². The van der Waals surface area contributed by atoms with Crippen molar-refractivity contribution >= 4 is 64.3 Å². The van der Waals surface area contributed by atoms with Crippen LogP contribution in [0.1, 0.15) is 82.6 Å². The van der Waals surface area contributed by atoms with Gasteiger partial charge in [0.05, 0.1) is 75.8 Å². The van der Waals surface area contributed by atoms with E-state index in [2.05, 4.69) is 35.7 Å². The fourth-order valence-electron chi connectivity index (χ4n) is 12.7. The van der Waals surface area contributed by atoms with Crippen LogP contribution in [0.15, 0.2) is 122 Å². The molecule has 0 unspecified atom stereocenters. The molecule has 8 heterocycles. The lowest BCUT2D eigenvalue weighted by Gasteiger charge is -2.29. The van der Waals surface area contributed by atoms with Crippen LogP contribution in [0.4, 0.5) is 4.79 Å². The van der Waals surface area contributed by atoms with Crippen molar-refractivity contribution in [1.82, 2.24) is 50.6 Å². The van der Waals surface area contributed by atoms with E-state index in [9.17, 15) is 24.6 Å². The molecule has 0 saturated carbocycles. The molecule has 0 aliphatic carbocycles. The Morgan fingerprint density at radius 1 is 0.636 bits per heavy atom. The molecule has 24 heteroatoms. The summed E-state index contributed by atoms with van der Waals surface area (Å²) in [5.41, 5.74) is 11.4. The molecule has 2 fully saturated rings. The predicted octanol–water partition coefficient (Wildman–Crippen LogP) is 13.1. The van der Waals surface area contributed by atoms with Crippen molar-refractivity contribution in [2.24, 2.45) is 0 Å². The minimum Gasteiger partial charge on any atom is -0.492 e. The molecule has 2 saturated heterocycles. The van der Waals surface area contributed by atoms with Crippen LogP contribution in [0, 0.1) is 0 Å². The highest BCUT2D eigenvalue weighted by Crippen LogP contribution is 2.45. The molecule has 4 aromatic carbocycles. The number of aliphatic hydroxyl groups is 2. The molecule has 0 spiro atoms. The summed E-state index contributed by atoms with van der Waals surface area (Å²) in [5, 5.41) is 30.9. The molecule has 5 N–H and O–H groups in total. The minimum atomic E-state index is -0.697. The topological polar surface area (TPSA) is 235 Å². The summed E-state index contributed by atoms with van der Waals surface area (Å²) < 4.78 is 29.3. The van der Waals surface area contributed by atoms with Crippen molar-refractivity contribution in [3.8, 4) is 90.5 Å². The second kappa shape index (κ2) is 32.4. The lowest BCUT2D eigenvalue weighted by atomic mass is 9.99. The number of hydrogen-bond donors (Lipinski definition) is 5. The Bertz CT molecular complexity index is 4250. The van der Waals surface area contributed by atoms with E-state index in [1.54, 1.807) is 38.3 Å². The number of nitrogens with zero attached hydrogens (tertiary/aromatic N) is 7. The maximum atomic E-state index is 13.3. The SMILES string of the molecule is COc1nc(-c2cccc(-c3ccnc(-c4ccc5c(c4)OCCN(C[C@H](C)O)C5)c3Cl)c2Cl)ccc1CN(C[C@@H]1CCC(=O)N1)C(=O)OC(C)(C)C.COc1nc(-c2cccc(-c3ccnc(-c4ccc5c(c4)OCCN(C[C@H](C)O)C5)c3Cl)c2Cl)ccc1CNC[C@@H]1CCC(=O)N1. The summed E-state index contributed by atoms with van der Waals surface area (Å²) in [7, 11) is 3.13. The van der Waals surface area contributed by atoms with Gasteiger partial charge < -0.3 is 54.7 Å². The maximum Gasteiger partial charge on any atom is 0.410 e. The highest BCUT2D eigenvalue weighted by molar-refractivity contribution is 6.40. The quantitative estimate of drug-likeness (QED) is 0.0477. The summed E-state index contributed by atoms with van der Waals surface area (Å²) in [6.45, 7) is 15.7. The third-order valence-corrected chi connectivity index (χ3v) is 18.9. The summed E-state index contributed by atoms with van der Waals surface area (Å²) in [6, 6.07) is 34.7. The van der Waals surface area contributed by atoms with Gasteiger partial charge in [-0.25, -0.2) is 14.8 Å². The molecule has 4 atom stereocenters. The molecular weight excluding hydrogens is 1340 g/mol. The number of ether oxygens (including phenoxy) is 5. The van der Waals surface area contributed by atoms with Crippen LogP contribution in [0.2, 0.25) is 20.1 Å². The highest BCUT2D eigenvalue weighted by Gasteiger charge is 2.31. The Balaban J connectivity index is 0.000000202. The number of β-amino-alcohol motifs (C(OH)–C–C–N with tert-alkyl or cyclic N) is 2. The van der Waals surface area contributed by atoms with Crippen molar-refractivity contribution < 1.29 is 48.3 Å². The molecule has 12 rings (SSSR count). The van der Waals surface area contributed by atoms with Crippen LogP contribution in [0.3, 0.4) is 0 Å². The van der Waals surface area contributed by atoms with Crippen LogP contribution in [0.5, 0.6) is 23.3 Å². The van der Waals surface area contributed by atoms with Crippen molar-refractivity contribution in [2.45, 2.75) is 116 Å². The first-order chi connectivity index (χ1) is 47.6. The number of rotatable bonds is 20. The Hall–Kier alpha value is -8.15. The lowest BCUT2D eigenvalue weighted by molar-refractivity contribution is -0.120. The molecule has 20 nitrogen and oxygen atoms in total. The van der Waals surface area contributed by atoms with Gasteiger partial charge in [0.25, 0.3) is 0 Å². The number of aliphatic hydroxyl groups excluding tert-OH is 2. The largest absolute Gasteiger partial charge is 0.492 e. The van der Waals surface area contributed by atoms with Gasteiger partial charge in [0, 0.05) is 163 Å². The van der Waals surface area contributed by atoms with Crippen molar-refractivity contribution in [3.63, 3.8) is 0 Å². The number of benzene rings is 4. The number of methoxy groups -OCH3 is 2. The van der Waals surface area contributed by atoms with Gasteiger partial charge in [-0.1, -0.05) is 113 Å². The smallest absolute Gasteiger partial charge is 0.410 e. The first kappa shape index (κ1) is 72.1. The van der Waals surface area contributed by atoms with E-state index in [4.69, 9.17) is 80.1 Å². The molecule has 520 valence electrons. The minimum absolute atomic E-state index is 0.0310. The average Bonchev–Trinajstić information content (AvgIpc) is 1.46. The highest BCUT2D eigenvalue weighted by atomic mass is 35.5. The molecule has 4 aliphatic heterocycles. The number of fused-ring (bicyclic) bond motifs is 2. The van der Waals surface area contributed by atoms with Gasteiger partial charge in [0.2, 0.25) is 23.6 Å². The summed E-state index contributed by atoms with van der Waals surface area (Å²) >= 11 is 28.3. The van der Waals surface area contributed by atoms with Crippen molar-refractivity contribution in [1.29, 1.82) is 0 Å². The molecule has 3 amide bonds. The van der Waals surface area contributed by atoms with Crippen molar-refractivity contribution in [2.75, 3.05) is 66.7 Å². The molecule has 99 heavy (non-hydrogen) atoms. The second-order valence-electron chi connectivity index (χ2n) is 26.2. The second-order valence-corrected chi connectivity index (χ2v) is 27.7. The normalized spacial score (nSPS) is 16.9. The number of halogens is 4. The van der Waals surface area contributed by atoms with Gasteiger partial charge >= 0.3 is 6.09 Å². The van der Waals surface area contributed by atoms with Crippen LogP contribution >= 0.6 is 46.4 Å². The van der Waals surface area contributed by atoms with Crippen LogP contribution in [0.25, 0.3) is 67.3 Å². The molecule has 4 aromatic heterocycles. The Labute approximate surface area is 597 Å². The molecule has 4 aliphatic rings. The summed E-state index contributed by atoms with van der Waals surface area (Å²) in [6.07, 6.45) is 4.59. The first-order valence-corrected chi connectivity index (χ1v) is 34.7. The van der Waals surface area contributed by atoms with Gasteiger partial charge in [-0.05, 0) is 89.9 Å². The fourth-order valence-corrected chi connectivity index (χ4v) is 14.0. The zero-order valence-electron chi connectivity index (χ0n) is 56.5. The summed E-state index contributed by atoms with van der Waals surface area (Å²) in [5.74, 6) is 2.46. The van der Waals surface area contributed by atoms with E-state index in [1.807, 2.05) is 130 Å². The van der Waals surface area contributed by atoms with Gasteiger partial charge in [0.1, 0.15) is 30.3 Å². The third kappa shape index (κ3) is 17.9. The van der Waals surface area contributed by atoms with Gasteiger partial charge in [0.15, 0.2) is 0 Å². The van der Waals surface area contributed by atoms with E-state index in [0.29, 0.717) is 155 Å². The van der Waals surface area contributed by atoms with Crippen LogP contribution in [-0.4, -0.2) is 159 Å². The number of aromatic nitrogens is 4. The van der Waals surface area contributed by atoms with Crippen LogP contribution in [-0.2, 0) is 40.5 Å². The zero-order valence-corrected chi connectivity index (χ0v) is 59.5. The number of hydrogen-bond acceptors (Lipinski definition) is 17. The number of carbonyl (C=O) groups excluding carboxylic acids is 3. The van der Waals surface area contributed by atoms with Crippen molar-refractivity contribution in [3.05, 3.63) is 164 Å². The van der Waals surface area contributed by atoms with E-state index >= 15 is 0 Å². The third-order valence-electron chi connectivity index (χ3n) is 17.3. The molecule has 0 radical (unpaired) electrons. The number of carbonyl (C=O) groups is 3. The Morgan fingerprint density at radius 2 is 1.10 bits per heavy atom. The Morgan fingerprint density at radius 3 is 1.57 bits per heavy atom. The predicted molar refractivity (Wildman–Crippen MR) is 385 cm³/mol. The zero-order chi connectivity index (χ0) is 70.1. The lowest BCUT2D eigenvalue weighted by Crippen LogP contribution is -2.43. The van der Waals surface area contributed by atoms with E-state index in [1.165, 1.54) is 7.11 Å². The summed E-state index contributed by atoms with van der Waals surface area (Å²) in [4.78, 5) is 61.5. The van der Waals surface area contributed by atoms with E-state index < -0.39 is 23.9 Å². The van der Waals surface area contributed by atoms with Gasteiger partial charge in [-0.2, -0.15) is 0 Å². The molecular formula is C75H82Cl4N10O10. The first-order valence-electron chi connectivity index (χ1n) is 33.2. The fraction of sp³-hybridized carbons (Fsp3) is 0.373. The molecule has 8 aromatic rings. The van der Waals surface area contributed by atoms with Crippen LogP contribution < -0.4 is 34.9 Å². The van der Waals surface area contributed by atoms with E-state index in [0.717, 1.165) is 69.0 Å². The standard InChI is InChI=1S/C40H45Cl2N5O6.C35H37Cl2N5O4/c1-24(48)20-46-17-18-52-33-19-25(9-10-26(33)21-46)37-36(42)30(15-16-43-37)29-7-6-8-31(35(29)41)32-13-11-27(38(45-32)51-5)22-47(39(50)53-40(2,3)4)23-28-12-14-34(49)44-28;1-21(43)19-42-14-15-46-30-16-22(6-7-24(30)20-42)34-33(37)27(12-13-39-34)26-4-3-5-28(32(26)36)29-10-8-23(35(41-29)45-2)17-38-18-25-9-11-31(44)40-25/h6-11,13,15-16,19,24,28,48H,12,14,17-18,20-23H2,1-5H3,(H,44,49);3-8,10,12-13,16,21,25,38,43H,9,11,14-15,17-20H2,1-2H3,(H,40,44)/t24-,28-;21-,25-/m00/s1.